The summed E-state index contributed by atoms with van der Waals surface area (Å²) in [6.45, 7) is 2.30. The van der Waals surface area contributed by atoms with E-state index in [4.69, 9.17) is 4.74 Å². The predicted molar refractivity (Wildman–Crippen MR) is 76.8 cm³/mol. The van der Waals surface area contributed by atoms with Crippen molar-refractivity contribution in [1.82, 2.24) is 10.3 Å². The monoisotopic (exact) mass is 261 g/mol. The van der Waals surface area contributed by atoms with E-state index in [1.54, 1.807) is 7.11 Å². The lowest BCUT2D eigenvalue weighted by Gasteiger charge is -2.40. The highest BCUT2D eigenvalue weighted by Gasteiger charge is 2.32. The maximum absolute atomic E-state index is 5.19. The number of hydrogen-bond donors (Lipinski definition) is 1. The number of anilines is 1. The summed E-state index contributed by atoms with van der Waals surface area (Å²) < 4.78 is 5.19. The number of hydrogen-bond acceptors (Lipinski definition) is 4. The van der Waals surface area contributed by atoms with E-state index in [2.05, 4.69) is 21.3 Å². The van der Waals surface area contributed by atoms with E-state index in [1.807, 2.05) is 12.3 Å². The summed E-state index contributed by atoms with van der Waals surface area (Å²) in [4.78, 5) is 7.06. The van der Waals surface area contributed by atoms with Crippen LogP contribution in [0, 0.1) is 0 Å². The maximum Gasteiger partial charge on any atom is 0.137 e. The highest BCUT2D eigenvalue weighted by Crippen LogP contribution is 2.28. The fourth-order valence-corrected chi connectivity index (χ4v) is 3.36. The van der Waals surface area contributed by atoms with Crippen LogP contribution in [0.5, 0.6) is 5.75 Å². The van der Waals surface area contributed by atoms with Crippen LogP contribution in [0.3, 0.4) is 0 Å². The summed E-state index contributed by atoms with van der Waals surface area (Å²) in [6.07, 6.45) is 8.34. The Labute approximate surface area is 115 Å². The summed E-state index contributed by atoms with van der Waals surface area (Å²) in [7, 11) is 1.68. The molecule has 1 aromatic rings. The van der Waals surface area contributed by atoms with Crippen molar-refractivity contribution in [3.8, 4) is 5.75 Å². The van der Waals surface area contributed by atoms with Gasteiger partial charge in [0.1, 0.15) is 11.6 Å². The van der Waals surface area contributed by atoms with Crippen molar-refractivity contribution < 1.29 is 4.74 Å². The Morgan fingerprint density at radius 2 is 2.21 bits per heavy atom. The van der Waals surface area contributed by atoms with Crippen molar-refractivity contribution in [2.24, 2.45) is 0 Å². The number of piperidine rings is 1. The van der Waals surface area contributed by atoms with Crippen LogP contribution in [0.1, 0.15) is 32.1 Å². The van der Waals surface area contributed by atoms with E-state index >= 15 is 0 Å². The number of nitrogens with zero attached hydrogens (tertiary/aromatic N) is 2. The van der Waals surface area contributed by atoms with Crippen LogP contribution in [0.25, 0.3) is 0 Å². The van der Waals surface area contributed by atoms with Gasteiger partial charge in [-0.2, -0.15) is 0 Å². The molecule has 0 aliphatic carbocycles. The van der Waals surface area contributed by atoms with Gasteiger partial charge in [-0.05, 0) is 50.8 Å². The Morgan fingerprint density at radius 3 is 2.89 bits per heavy atom. The van der Waals surface area contributed by atoms with Gasteiger partial charge in [0.05, 0.1) is 13.3 Å². The predicted octanol–water partition coefficient (Wildman–Crippen LogP) is 2.20. The Hall–Kier alpha value is -1.29. The van der Waals surface area contributed by atoms with Crippen LogP contribution in [0.2, 0.25) is 0 Å². The average Bonchev–Trinajstić information content (AvgIpc) is 3.01. The van der Waals surface area contributed by atoms with Gasteiger partial charge in [-0.15, -0.1) is 0 Å². The number of ether oxygens (including phenoxy) is 1. The molecule has 2 aliphatic heterocycles. The van der Waals surface area contributed by atoms with Crippen molar-refractivity contribution in [3.63, 3.8) is 0 Å². The summed E-state index contributed by atoms with van der Waals surface area (Å²) in [5, 5.41) is 3.65. The number of rotatable bonds is 3. The summed E-state index contributed by atoms with van der Waals surface area (Å²) in [6, 6.07) is 5.35. The molecule has 0 bridgehead atoms. The summed E-state index contributed by atoms with van der Waals surface area (Å²) >= 11 is 0. The lowest BCUT2D eigenvalue weighted by atomic mass is 9.94. The fourth-order valence-electron chi connectivity index (χ4n) is 3.36. The van der Waals surface area contributed by atoms with Gasteiger partial charge in [0, 0.05) is 18.6 Å². The first-order valence-corrected chi connectivity index (χ1v) is 7.38. The van der Waals surface area contributed by atoms with Crippen LogP contribution in [-0.4, -0.2) is 37.3 Å². The topological polar surface area (TPSA) is 37.4 Å². The van der Waals surface area contributed by atoms with Gasteiger partial charge in [0.2, 0.25) is 0 Å². The molecule has 3 heterocycles. The lowest BCUT2D eigenvalue weighted by molar-refractivity contribution is 0.375. The smallest absolute Gasteiger partial charge is 0.137 e. The number of nitrogens with one attached hydrogen (secondary N) is 1. The molecule has 2 aliphatic rings. The zero-order valence-electron chi connectivity index (χ0n) is 11.6. The molecule has 1 N–H and O–H groups in total. The van der Waals surface area contributed by atoms with Crippen LogP contribution in [0.15, 0.2) is 18.3 Å². The Morgan fingerprint density at radius 1 is 1.26 bits per heavy atom. The highest BCUT2D eigenvalue weighted by atomic mass is 16.5. The lowest BCUT2D eigenvalue weighted by Crippen LogP contribution is -2.50. The third kappa shape index (κ3) is 2.68. The van der Waals surface area contributed by atoms with Crippen LogP contribution < -0.4 is 15.0 Å². The molecule has 0 amide bonds. The second-order valence-corrected chi connectivity index (χ2v) is 5.52. The molecule has 2 saturated heterocycles. The Kier molecular flexibility index (Phi) is 3.87. The average molecular weight is 261 g/mol. The van der Waals surface area contributed by atoms with E-state index in [0.717, 1.165) is 18.1 Å². The minimum absolute atomic E-state index is 0.608. The molecule has 2 atom stereocenters. The molecule has 4 nitrogen and oxygen atoms in total. The van der Waals surface area contributed by atoms with Gasteiger partial charge < -0.3 is 15.0 Å². The first-order chi connectivity index (χ1) is 9.38. The number of methoxy groups -OCH3 is 1. The molecule has 3 rings (SSSR count). The second kappa shape index (κ2) is 5.78. The van der Waals surface area contributed by atoms with Gasteiger partial charge >= 0.3 is 0 Å². The van der Waals surface area contributed by atoms with E-state index < -0.39 is 0 Å². The Balaban J connectivity index is 1.78. The van der Waals surface area contributed by atoms with Crippen LogP contribution >= 0.6 is 0 Å². The molecule has 1 aromatic heterocycles. The molecule has 19 heavy (non-hydrogen) atoms. The van der Waals surface area contributed by atoms with Gasteiger partial charge in [-0.25, -0.2) is 4.98 Å². The Bertz CT molecular complexity index is 400. The molecular formula is C15H23N3O. The molecule has 2 fully saturated rings. The van der Waals surface area contributed by atoms with E-state index in [1.165, 1.54) is 38.6 Å². The largest absolute Gasteiger partial charge is 0.495 e. The van der Waals surface area contributed by atoms with Gasteiger partial charge in [0.15, 0.2) is 0 Å². The fraction of sp³-hybridized carbons (Fsp3) is 0.667. The van der Waals surface area contributed by atoms with Gasteiger partial charge in [0.25, 0.3) is 0 Å². The van der Waals surface area contributed by atoms with Crippen molar-refractivity contribution in [2.75, 3.05) is 25.1 Å². The van der Waals surface area contributed by atoms with Crippen molar-refractivity contribution in [3.05, 3.63) is 18.3 Å². The maximum atomic E-state index is 5.19. The summed E-state index contributed by atoms with van der Waals surface area (Å²) in [5.74, 6) is 1.93. The van der Waals surface area contributed by atoms with E-state index in [-0.39, 0.29) is 0 Å². The van der Waals surface area contributed by atoms with E-state index in [0.29, 0.717) is 12.1 Å². The molecule has 0 radical (unpaired) electrons. The van der Waals surface area contributed by atoms with Gasteiger partial charge in [-0.3, -0.25) is 0 Å². The summed E-state index contributed by atoms with van der Waals surface area (Å²) in [5.41, 5.74) is 0. The molecule has 104 valence electrons. The van der Waals surface area contributed by atoms with Crippen molar-refractivity contribution in [2.45, 2.75) is 44.2 Å². The second-order valence-electron chi connectivity index (χ2n) is 5.52. The first kappa shape index (κ1) is 12.7. The molecule has 4 heteroatoms. The molecule has 0 saturated carbocycles. The first-order valence-electron chi connectivity index (χ1n) is 7.38. The highest BCUT2D eigenvalue weighted by molar-refractivity contribution is 5.43. The standard InChI is InChI=1S/C15H23N3O/c1-19-12-7-8-15(17-11-12)18-10-3-2-6-14(18)13-5-4-9-16-13/h7-8,11,13-14,16H,2-6,9-10H2,1H3. The SMILES string of the molecule is COc1ccc(N2CCCCC2C2CCCN2)nc1. The van der Waals surface area contributed by atoms with Crippen molar-refractivity contribution >= 4 is 5.82 Å². The minimum Gasteiger partial charge on any atom is -0.495 e. The molecule has 0 aromatic carbocycles. The normalized spacial score (nSPS) is 27.5. The third-order valence-corrected chi connectivity index (χ3v) is 4.36. The zero-order valence-corrected chi connectivity index (χ0v) is 11.6. The van der Waals surface area contributed by atoms with Gasteiger partial charge in [-0.1, -0.05) is 0 Å². The van der Waals surface area contributed by atoms with Crippen LogP contribution in [0.4, 0.5) is 5.82 Å². The van der Waals surface area contributed by atoms with Crippen molar-refractivity contribution in [1.29, 1.82) is 0 Å². The minimum atomic E-state index is 0.608. The zero-order chi connectivity index (χ0) is 13.1. The van der Waals surface area contributed by atoms with Crippen LogP contribution in [-0.2, 0) is 0 Å². The third-order valence-electron chi connectivity index (χ3n) is 4.36. The van der Waals surface area contributed by atoms with E-state index in [9.17, 15) is 0 Å². The molecule has 0 spiro atoms. The molecular weight excluding hydrogens is 238 g/mol. The quantitative estimate of drug-likeness (QED) is 0.905. The number of pyridine rings is 1. The molecule has 2 unspecified atom stereocenters. The number of aromatic nitrogens is 1.